The summed E-state index contributed by atoms with van der Waals surface area (Å²) in [4.78, 5) is 25.9. The minimum atomic E-state index is -1.12. The number of hydrogen-bond donors (Lipinski definition) is 0. The first kappa shape index (κ1) is 14.8. The number of amides is 2. The fraction of sp³-hybridized carbons (Fsp3) is 0.200. The summed E-state index contributed by atoms with van der Waals surface area (Å²) in [6, 6.07) is 10.5. The molecule has 2 amide bonds. The zero-order valence-electron chi connectivity index (χ0n) is 11.5. The van der Waals surface area contributed by atoms with Crippen LogP contribution in [0.4, 0.5) is 5.69 Å². The first-order valence-electron chi connectivity index (χ1n) is 6.08. The number of nitrogens with zero attached hydrogens (tertiary/aromatic N) is 3. The molecule has 0 radical (unpaired) electrons. The quantitative estimate of drug-likeness (QED) is 0.781. The smallest absolute Gasteiger partial charge is 0.272 e. The van der Waals surface area contributed by atoms with E-state index in [0.717, 1.165) is 22.2 Å². The van der Waals surface area contributed by atoms with Crippen molar-refractivity contribution in [2.24, 2.45) is 5.92 Å². The predicted octanol–water partition coefficient (Wildman–Crippen LogP) is 2.15. The summed E-state index contributed by atoms with van der Waals surface area (Å²) >= 11 is 1.08. The highest BCUT2D eigenvalue weighted by Gasteiger charge is 2.41. The topological polar surface area (TPSA) is 85.0 Å². The molecule has 0 fully saturated rings. The summed E-state index contributed by atoms with van der Waals surface area (Å²) in [5, 5.41) is 18.4. The lowest BCUT2D eigenvalue weighted by Gasteiger charge is -2.28. The summed E-state index contributed by atoms with van der Waals surface area (Å²) < 4.78 is 0. The van der Waals surface area contributed by atoms with Gasteiger partial charge in [0.2, 0.25) is 0 Å². The SMILES string of the molecule is CSC1=C(C#N)C(=O)N(c2ccc(C)cc2)C(=O)C1C#N. The lowest BCUT2D eigenvalue weighted by molar-refractivity contribution is -0.126. The Morgan fingerprint density at radius 2 is 1.81 bits per heavy atom. The molecule has 0 aliphatic carbocycles. The van der Waals surface area contributed by atoms with Crippen molar-refractivity contribution in [3.63, 3.8) is 0 Å². The van der Waals surface area contributed by atoms with Gasteiger partial charge in [0.25, 0.3) is 11.8 Å². The molecule has 5 nitrogen and oxygen atoms in total. The molecule has 1 atom stereocenters. The van der Waals surface area contributed by atoms with Crippen molar-refractivity contribution in [2.45, 2.75) is 6.92 Å². The number of thioether (sulfide) groups is 1. The van der Waals surface area contributed by atoms with E-state index in [0.29, 0.717) is 5.69 Å². The van der Waals surface area contributed by atoms with Crippen LogP contribution in [0, 0.1) is 35.5 Å². The zero-order chi connectivity index (χ0) is 15.6. The number of carbonyl (C=O) groups excluding carboxylic acids is 2. The van der Waals surface area contributed by atoms with Gasteiger partial charge in [-0.05, 0) is 25.3 Å². The molecule has 6 heteroatoms. The second kappa shape index (κ2) is 5.82. The van der Waals surface area contributed by atoms with Crippen molar-refractivity contribution in [3.8, 4) is 12.1 Å². The van der Waals surface area contributed by atoms with E-state index in [-0.39, 0.29) is 10.5 Å². The molecular weight excluding hydrogens is 286 g/mol. The maximum absolute atomic E-state index is 12.4. The molecule has 0 saturated carbocycles. The molecule has 0 bridgehead atoms. The van der Waals surface area contributed by atoms with E-state index in [1.165, 1.54) is 0 Å². The van der Waals surface area contributed by atoms with Gasteiger partial charge in [0, 0.05) is 4.91 Å². The molecule has 2 rings (SSSR count). The van der Waals surface area contributed by atoms with Crippen molar-refractivity contribution in [3.05, 3.63) is 40.3 Å². The van der Waals surface area contributed by atoms with E-state index in [9.17, 15) is 20.1 Å². The van der Waals surface area contributed by atoms with Gasteiger partial charge in [-0.1, -0.05) is 17.7 Å². The van der Waals surface area contributed by atoms with Gasteiger partial charge in [0.1, 0.15) is 11.6 Å². The Hall–Kier alpha value is -2.57. The Morgan fingerprint density at radius 3 is 2.29 bits per heavy atom. The van der Waals surface area contributed by atoms with E-state index in [4.69, 9.17) is 0 Å². The molecule has 104 valence electrons. The molecule has 1 aliphatic heterocycles. The summed E-state index contributed by atoms with van der Waals surface area (Å²) in [7, 11) is 0. The van der Waals surface area contributed by atoms with Crippen molar-refractivity contribution >= 4 is 29.3 Å². The van der Waals surface area contributed by atoms with E-state index in [1.807, 2.05) is 19.1 Å². The number of benzene rings is 1. The predicted molar refractivity (Wildman–Crippen MR) is 78.9 cm³/mol. The molecule has 1 aromatic carbocycles. The minimum absolute atomic E-state index is 0.144. The monoisotopic (exact) mass is 297 g/mol. The number of hydrogen-bond acceptors (Lipinski definition) is 5. The van der Waals surface area contributed by atoms with Gasteiger partial charge in [0.05, 0.1) is 11.8 Å². The number of nitriles is 2. The molecule has 0 N–H and O–H groups in total. The molecule has 0 spiro atoms. The third-order valence-electron chi connectivity index (χ3n) is 3.15. The van der Waals surface area contributed by atoms with Gasteiger partial charge in [-0.3, -0.25) is 9.59 Å². The first-order chi connectivity index (χ1) is 10.0. The Bertz CT molecular complexity index is 723. The van der Waals surface area contributed by atoms with Crippen molar-refractivity contribution in [2.75, 3.05) is 11.2 Å². The van der Waals surface area contributed by atoms with Crippen molar-refractivity contribution < 1.29 is 9.59 Å². The second-order valence-electron chi connectivity index (χ2n) is 4.43. The van der Waals surface area contributed by atoms with Crippen LogP contribution in [0.1, 0.15) is 5.56 Å². The van der Waals surface area contributed by atoms with Gasteiger partial charge in [0.15, 0.2) is 5.92 Å². The lowest BCUT2D eigenvalue weighted by atomic mass is 9.98. The lowest BCUT2D eigenvalue weighted by Crippen LogP contribution is -2.46. The average Bonchev–Trinajstić information content (AvgIpc) is 2.48. The summed E-state index contributed by atoms with van der Waals surface area (Å²) in [6.45, 7) is 1.88. The van der Waals surface area contributed by atoms with Crippen molar-refractivity contribution in [1.29, 1.82) is 10.5 Å². The van der Waals surface area contributed by atoms with Gasteiger partial charge < -0.3 is 0 Å². The van der Waals surface area contributed by atoms with Gasteiger partial charge in [-0.15, -0.1) is 11.8 Å². The molecule has 21 heavy (non-hydrogen) atoms. The van der Waals surface area contributed by atoms with Crippen LogP contribution < -0.4 is 4.90 Å². The van der Waals surface area contributed by atoms with Crippen LogP contribution in [-0.4, -0.2) is 18.1 Å². The van der Waals surface area contributed by atoms with Crippen LogP contribution in [0.2, 0.25) is 0 Å². The molecular formula is C15H11N3O2S. The van der Waals surface area contributed by atoms with E-state index in [1.54, 1.807) is 30.5 Å². The maximum Gasteiger partial charge on any atom is 0.276 e. The Labute approximate surface area is 126 Å². The number of carbonyl (C=O) groups is 2. The second-order valence-corrected chi connectivity index (χ2v) is 5.28. The van der Waals surface area contributed by atoms with Crippen LogP contribution in [0.3, 0.4) is 0 Å². The Balaban J connectivity index is 2.60. The molecule has 0 saturated heterocycles. The molecule has 0 aromatic heterocycles. The van der Waals surface area contributed by atoms with Gasteiger partial charge >= 0.3 is 0 Å². The van der Waals surface area contributed by atoms with Crippen LogP contribution in [-0.2, 0) is 9.59 Å². The number of anilines is 1. The number of rotatable bonds is 2. The summed E-state index contributed by atoms with van der Waals surface area (Å²) in [5.74, 6) is -2.41. The molecule has 1 aliphatic rings. The minimum Gasteiger partial charge on any atom is -0.272 e. The Morgan fingerprint density at radius 1 is 1.19 bits per heavy atom. The van der Waals surface area contributed by atoms with Crippen LogP contribution in [0.25, 0.3) is 0 Å². The zero-order valence-corrected chi connectivity index (χ0v) is 12.3. The highest BCUT2D eigenvalue weighted by molar-refractivity contribution is 8.02. The van der Waals surface area contributed by atoms with Crippen LogP contribution >= 0.6 is 11.8 Å². The first-order valence-corrected chi connectivity index (χ1v) is 7.30. The third kappa shape index (κ3) is 2.42. The maximum atomic E-state index is 12.4. The summed E-state index contributed by atoms with van der Waals surface area (Å²) in [5.41, 5.74) is 1.20. The average molecular weight is 297 g/mol. The van der Waals surface area contributed by atoms with Gasteiger partial charge in [-0.25, -0.2) is 4.90 Å². The standard InChI is InChI=1S/C15H11N3O2S/c1-9-3-5-10(6-4-9)18-14(19)11(7-16)13(21-2)12(8-17)15(18)20/h3-6,11H,1-2H3. The number of imide groups is 1. The van der Waals surface area contributed by atoms with Gasteiger partial charge in [-0.2, -0.15) is 10.5 Å². The largest absolute Gasteiger partial charge is 0.276 e. The van der Waals surface area contributed by atoms with Crippen LogP contribution in [0.5, 0.6) is 0 Å². The molecule has 1 heterocycles. The molecule has 1 aromatic rings. The van der Waals surface area contributed by atoms with E-state index < -0.39 is 17.7 Å². The highest BCUT2D eigenvalue weighted by Crippen LogP contribution is 2.34. The summed E-state index contributed by atoms with van der Waals surface area (Å²) in [6.07, 6.45) is 1.64. The highest BCUT2D eigenvalue weighted by atomic mass is 32.2. The normalized spacial score (nSPS) is 18.5. The number of aryl methyl sites for hydroxylation is 1. The van der Waals surface area contributed by atoms with E-state index >= 15 is 0 Å². The fourth-order valence-electron chi connectivity index (χ4n) is 2.08. The third-order valence-corrected chi connectivity index (χ3v) is 4.03. The van der Waals surface area contributed by atoms with Crippen molar-refractivity contribution in [1.82, 2.24) is 0 Å². The fourth-order valence-corrected chi connectivity index (χ4v) is 2.80. The Kier molecular flexibility index (Phi) is 4.11. The van der Waals surface area contributed by atoms with E-state index in [2.05, 4.69) is 0 Å². The van der Waals surface area contributed by atoms with Crippen LogP contribution in [0.15, 0.2) is 34.7 Å². The molecule has 1 unspecified atom stereocenters.